The monoisotopic (exact) mass is 329 g/mol. The molecule has 1 saturated heterocycles. The van der Waals surface area contributed by atoms with Gasteiger partial charge in [-0.1, -0.05) is 35.7 Å². The van der Waals surface area contributed by atoms with Gasteiger partial charge in [-0.15, -0.1) is 11.6 Å². The van der Waals surface area contributed by atoms with E-state index in [0.29, 0.717) is 11.9 Å². The molecular weight excluding hydrogens is 310 g/mol. The lowest BCUT2D eigenvalue weighted by Crippen LogP contribution is -2.35. The third kappa shape index (κ3) is 3.21. The molecule has 1 unspecified atom stereocenters. The maximum absolute atomic E-state index is 6.11. The molecule has 100 valence electrons. The molecule has 0 saturated carbocycles. The smallest absolute Gasteiger partial charge is 0.0494 e. The van der Waals surface area contributed by atoms with Crippen molar-refractivity contribution in [2.24, 2.45) is 0 Å². The summed E-state index contributed by atoms with van der Waals surface area (Å²) in [5, 5.41) is 0. The number of alkyl halides is 1. The van der Waals surface area contributed by atoms with E-state index in [2.05, 4.69) is 46.0 Å². The van der Waals surface area contributed by atoms with Crippen LogP contribution in [0.25, 0.3) is 0 Å². The molecule has 2 rings (SSSR count). The van der Waals surface area contributed by atoms with E-state index < -0.39 is 0 Å². The van der Waals surface area contributed by atoms with Crippen molar-refractivity contribution in [2.45, 2.75) is 50.9 Å². The van der Waals surface area contributed by atoms with Gasteiger partial charge in [0.25, 0.3) is 0 Å². The zero-order valence-corrected chi connectivity index (χ0v) is 13.3. The molecule has 0 radical (unpaired) electrons. The summed E-state index contributed by atoms with van der Waals surface area (Å²) in [6, 6.07) is 7.18. The standard InChI is InChI=1S/C15H21BrClN/c1-2-14-6-4-3-5-9-18(14)15-8-7-13(16)10-12(15)11-17/h7-8,10,14H,2-6,9,11H2,1H3. The van der Waals surface area contributed by atoms with E-state index in [1.54, 1.807) is 0 Å². The van der Waals surface area contributed by atoms with Gasteiger partial charge in [-0.05, 0) is 43.0 Å². The van der Waals surface area contributed by atoms with Gasteiger partial charge in [0.2, 0.25) is 0 Å². The van der Waals surface area contributed by atoms with Crippen LogP contribution in [0.2, 0.25) is 0 Å². The molecule has 0 amide bonds. The van der Waals surface area contributed by atoms with Gasteiger partial charge in [-0.3, -0.25) is 0 Å². The van der Waals surface area contributed by atoms with E-state index in [9.17, 15) is 0 Å². The Bertz CT molecular complexity index is 394. The maximum atomic E-state index is 6.11. The predicted molar refractivity (Wildman–Crippen MR) is 83.6 cm³/mol. The summed E-state index contributed by atoms with van der Waals surface area (Å²) in [6.07, 6.45) is 6.56. The van der Waals surface area contributed by atoms with Crippen LogP contribution in [0.5, 0.6) is 0 Å². The van der Waals surface area contributed by atoms with Crippen molar-refractivity contribution in [1.82, 2.24) is 0 Å². The Kier molecular flexibility index (Phi) is 5.38. The Hall–Kier alpha value is -0.210. The van der Waals surface area contributed by atoms with E-state index in [1.165, 1.54) is 49.9 Å². The Balaban J connectivity index is 2.32. The Morgan fingerprint density at radius 1 is 1.33 bits per heavy atom. The first kappa shape index (κ1) is 14.2. The van der Waals surface area contributed by atoms with Gasteiger partial charge in [0.15, 0.2) is 0 Å². The van der Waals surface area contributed by atoms with E-state index in [-0.39, 0.29) is 0 Å². The van der Waals surface area contributed by atoms with Crippen LogP contribution >= 0.6 is 27.5 Å². The maximum Gasteiger partial charge on any atom is 0.0494 e. The number of nitrogens with zero attached hydrogens (tertiary/aromatic N) is 1. The average molecular weight is 331 g/mol. The van der Waals surface area contributed by atoms with E-state index in [1.807, 2.05) is 0 Å². The summed E-state index contributed by atoms with van der Waals surface area (Å²) < 4.78 is 1.12. The molecule has 3 heteroatoms. The van der Waals surface area contributed by atoms with Gasteiger partial charge < -0.3 is 4.90 Å². The zero-order valence-electron chi connectivity index (χ0n) is 11.0. The fraction of sp³-hybridized carbons (Fsp3) is 0.600. The predicted octanol–water partition coefficient (Wildman–Crippen LogP) is 5.35. The highest BCUT2D eigenvalue weighted by Gasteiger charge is 2.21. The van der Waals surface area contributed by atoms with Crippen LogP contribution in [-0.4, -0.2) is 12.6 Å². The fourth-order valence-corrected chi connectivity index (χ4v) is 3.48. The van der Waals surface area contributed by atoms with Crippen molar-refractivity contribution in [3.63, 3.8) is 0 Å². The molecule has 1 aromatic rings. The minimum Gasteiger partial charge on any atom is -0.368 e. The molecule has 0 N–H and O–H groups in total. The Labute approximate surface area is 124 Å². The van der Waals surface area contributed by atoms with Crippen molar-refractivity contribution in [3.8, 4) is 0 Å². The summed E-state index contributed by atoms with van der Waals surface area (Å²) in [7, 11) is 0. The largest absolute Gasteiger partial charge is 0.368 e. The molecule has 0 spiro atoms. The second-order valence-corrected chi connectivity index (χ2v) is 6.19. The highest BCUT2D eigenvalue weighted by molar-refractivity contribution is 9.10. The lowest BCUT2D eigenvalue weighted by molar-refractivity contribution is 0.555. The number of anilines is 1. The first-order valence-corrected chi connectivity index (χ1v) is 8.20. The van der Waals surface area contributed by atoms with Crippen LogP contribution in [0.4, 0.5) is 5.69 Å². The molecule has 1 nitrogen and oxygen atoms in total. The first-order chi connectivity index (χ1) is 8.76. The van der Waals surface area contributed by atoms with Gasteiger partial charge in [-0.25, -0.2) is 0 Å². The molecule has 1 aliphatic heterocycles. The van der Waals surface area contributed by atoms with Gasteiger partial charge in [-0.2, -0.15) is 0 Å². The highest BCUT2D eigenvalue weighted by Crippen LogP contribution is 2.31. The lowest BCUT2D eigenvalue weighted by Gasteiger charge is -2.33. The Morgan fingerprint density at radius 3 is 2.89 bits per heavy atom. The van der Waals surface area contributed by atoms with E-state index in [4.69, 9.17) is 11.6 Å². The molecule has 0 bridgehead atoms. The molecule has 1 aromatic carbocycles. The minimum absolute atomic E-state index is 0.585. The quantitative estimate of drug-likeness (QED) is 0.675. The van der Waals surface area contributed by atoms with Crippen LogP contribution in [0, 0.1) is 0 Å². The second-order valence-electron chi connectivity index (χ2n) is 5.01. The molecule has 1 atom stereocenters. The molecule has 18 heavy (non-hydrogen) atoms. The van der Waals surface area contributed by atoms with Gasteiger partial charge in [0, 0.05) is 28.6 Å². The van der Waals surface area contributed by atoms with Crippen LogP contribution < -0.4 is 4.90 Å². The van der Waals surface area contributed by atoms with Gasteiger partial charge >= 0.3 is 0 Å². The first-order valence-electron chi connectivity index (χ1n) is 6.87. The number of benzene rings is 1. The van der Waals surface area contributed by atoms with Crippen LogP contribution in [0.3, 0.4) is 0 Å². The van der Waals surface area contributed by atoms with Crippen molar-refractivity contribution < 1.29 is 0 Å². The third-order valence-corrected chi connectivity index (χ3v) is 4.62. The number of halogens is 2. The summed E-state index contributed by atoms with van der Waals surface area (Å²) in [4.78, 5) is 2.58. The number of rotatable bonds is 3. The van der Waals surface area contributed by atoms with Crippen LogP contribution in [0.1, 0.15) is 44.6 Å². The summed E-state index contributed by atoms with van der Waals surface area (Å²) in [5.74, 6) is 0.585. The topological polar surface area (TPSA) is 3.24 Å². The normalized spacial score (nSPS) is 20.8. The van der Waals surface area contributed by atoms with Crippen LogP contribution in [-0.2, 0) is 5.88 Å². The molecule has 1 aliphatic rings. The summed E-state index contributed by atoms with van der Waals surface area (Å²) in [6.45, 7) is 3.46. The van der Waals surface area contributed by atoms with Crippen LogP contribution in [0.15, 0.2) is 22.7 Å². The summed E-state index contributed by atoms with van der Waals surface area (Å²) >= 11 is 9.64. The third-order valence-electron chi connectivity index (χ3n) is 3.84. The Morgan fingerprint density at radius 2 is 2.17 bits per heavy atom. The van der Waals surface area contributed by atoms with Crippen molar-refractivity contribution >= 4 is 33.2 Å². The second kappa shape index (κ2) is 6.81. The van der Waals surface area contributed by atoms with E-state index >= 15 is 0 Å². The highest BCUT2D eigenvalue weighted by atomic mass is 79.9. The number of hydrogen-bond acceptors (Lipinski definition) is 1. The molecular formula is C15H21BrClN. The minimum atomic E-state index is 0.585. The average Bonchev–Trinajstić information content (AvgIpc) is 2.63. The lowest BCUT2D eigenvalue weighted by atomic mass is 10.1. The molecule has 1 fully saturated rings. The SMILES string of the molecule is CCC1CCCCCN1c1ccc(Br)cc1CCl. The molecule has 1 heterocycles. The number of hydrogen-bond donors (Lipinski definition) is 0. The van der Waals surface area contributed by atoms with E-state index in [0.717, 1.165) is 4.47 Å². The summed E-state index contributed by atoms with van der Waals surface area (Å²) in [5.41, 5.74) is 2.58. The van der Waals surface area contributed by atoms with Crippen molar-refractivity contribution in [1.29, 1.82) is 0 Å². The fourth-order valence-electron chi connectivity index (χ4n) is 2.86. The van der Waals surface area contributed by atoms with Crippen molar-refractivity contribution in [3.05, 3.63) is 28.2 Å². The molecule has 0 aliphatic carbocycles. The van der Waals surface area contributed by atoms with Gasteiger partial charge in [0.1, 0.15) is 0 Å². The van der Waals surface area contributed by atoms with Gasteiger partial charge in [0.05, 0.1) is 0 Å². The zero-order chi connectivity index (χ0) is 13.0. The van der Waals surface area contributed by atoms with Crippen molar-refractivity contribution in [2.75, 3.05) is 11.4 Å². The molecule has 0 aromatic heterocycles.